The Labute approximate surface area is 166 Å². The van der Waals surface area contributed by atoms with Crippen molar-refractivity contribution in [3.63, 3.8) is 0 Å². The van der Waals surface area contributed by atoms with Gasteiger partial charge >= 0.3 is 0 Å². The molecule has 0 amide bonds. The van der Waals surface area contributed by atoms with E-state index in [-0.39, 0.29) is 24.0 Å². The summed E-state index contributed by atoms with van der Waals surface area (Å²) in [6.07, 6.45) is 0. The fourth-order valence-corrected chi connectivity index (χ4v) is 2.34. The smallest absolute Gasteiger partial charge is 0.196 e. The highest BCUT2D eigenvalue weighted by Gasteiger charge is 2.06. The number of aliphatic imine (C=N–C) groups is 1. The van der Waals surface area contributed by atoms with Gasteiger partial charge in [-0.2, -0.15) is 0 Å². The molecule has 0 atom stereocenters. The number of hydrogen-bond acceptors (Lipinski definition) is 3. The second-order valence-corrected chi connectivity index (χ2v) is 5.38. The first-order valence-corrected chi connectivity index (χ1v) is 7.99. The fourth-order valence-electron chi connectivity index (χ4n) is 2.34. The molecule has 0 aromatic heterocycles. The summed E-state index contributed by atoms with van der Waals surface area (Å²) in [7, 11) is 3.25. The molecule has 5 nitrogen and oxygen atoms in total. The van der Waals surface area contributed by atoms with Crippen LogP contribution in [0.1, 0.15) is 18.1 Å². The molecule has 0 aliphatic carbocycles. The number of aryl methyl sites for hydroxylation is 1. The monoisotopic (exact) mass is 455 g/mol. The summed E-state index contributed by atoms with van der Waals surface area (Å²) in [5.41, 5.74) is 3.30. The van der Waals surface area contributed by atoms with Crippen molar-refractivity contribution < 1.29 is 9.47 Å². The van der Waals surface area contributed by atoms with Crippen LogP contribution in [0.2, 0.25) is 0 Å². The minimum Gasteiger partial charge on any atom is -0.493 e. The first-order valence-electron chi connectivity index (χ1n) is 7.99. The summed E-state index contributed by atoms with van der Waals surface area (Å²) in [6, 6.07) is 14.0. The van der Waals surface area contributed by atoms with Crippen LogP contribution in [-0.2, 0) is 6.54 Å². The topological polar surface area (TPSA) is 54.9 Å². The molecule has 0 radical (unpaired) electrons. The molecule has 2 N–H and O–H groups in total. The molecule has 2 aromatic carbocycles. The predicted molar refractivity (Wildman–Crippen MR) is 115 cm³/mol. The van der Waals surface area contributed by atoms with E-state index in [4.69, 9.17) is 9.47 Å². The van der Waals surface area contributed by atoms with Gasteiger partial charge in [0.15, 0.2) is 17.5 Å². The number of anilines is 1. The zero-order valence-electron chi connectivity index (χ0n) is 15.1. The van der Waals surface area contributed by atoms with Gasteiger partial charge in [-0.3, -0.25) is 0 Å². The van der Waals surface area contributed by atoms with Crippen LogP contribution >= 0.6 is 24.0 Å². The van der Waals surface area contributed by atoms with Gasteiger partial charge in [0.1, 0.15) is 0 Å². The zero-order valence-corrected chi connectivity index (χ0v) is 17.5. The maximum absolute atomic E-state index is 5.34. The molecule has 2 aromatic rings. The Morgan fingerprint density at radius 3 is 2.44 bits per heavy atom. The van der Waals surface area contributed by atoms with Gasteiger partial charge < -0.3 is 20.1 Å². The summed E-state index contributed by atoms with van der Waals surface area (Å²) in [5.74, 6) is 2.10. The van der Waals surface area contributed by atoms with Gasteiger partial charge in [-0.25, -0.2) is 4.99 Å². The van der Waals surface area contributed by atoms with Crippen molar-refractivity contribution in [3.8, 4) is 11.5 Å². The molecular weight excluding hydrogens is 429 g/mol. The van der Waals surface area contributed by atoms with E-state index >= 15 is 0 Å². The Hall–Kier alpha value is -1.96. The highest BCUT2D eigenvalue weighted by Crippen LogP contribution is 2.29. The maximum atomic E-state index is 5.34. The third-order valence-electron chi connectivity index (χ3n) is 3.49. The van der Waals surface area contributed by atoms with Crippen molar-refractivity contribution in [3.05, 3.63) is 53.6 Å². The Morgan fingerprint density at radius 1 is 1.04 bits per heavy atom. The lowest BCUT2D eigenvalue weighted by Gasteiger charge is -2.14. The standard InChI is InChI=1S/C19H25N3O2.HI/c1-5-20-19(21-13-15-8-6-7-14(2)11-15)22-16-9-10-17(23-3)18(12-16)24-4;/h6-12H,5,13H2,1-4H3,(H2,20,21,22);1H. The van der Waals surface area contributed by atoms with E-state index in [9.17, 15) is 0 Å². The lowest BCUT2D eigenvalue weighted by atomic mass is 10.1. The Bertz CT molecular complexity index is 705. The highest BCUT2D eigenvalue weighted by atomic mass is 127. The number of nitrogens with one attached hydrogen (secondary N) is 2. The minimum absolute atomic E-state index is 0. The van der Waals surface area contributed by atoms with E-state index in [0.717, 1.165) is 18.2 Å². The van der Waals surface area contributed by atoms with Crippen molar-refractivity contribution in [2.75, 3.05) is 26.1 Å². The number of hydrogen-bond donors (Lipinski definition) is 2. The molecule has 0 aliphatic rings. The fraction of sp³-hybridized carbons (Fsp3) is 0.316. The summed E-state index contributed by atoms with van der Waals surface area (Å²) < 4.78 is 10.6. The van der Waals surface area contributed by atoms with Crippen LogP contribution in [0.25, 0.3) is 0 Å². The van der Waals surface area contributed by atoms with Crippen molar-refractivity contribution in [1.29, 1.82) is 0 Å². The first kappa shape index (κ1) is 21.1. The number of ether oxygens (including phenoxy) is 2. The van der Waals surface area contributed by atoms with E-state index in [1.807, 2.05) is 25.1 Å². The molecule has 0 heterocycles. The van der Waals surface area contributed by atoms with Gasteiger partial charge in [-0.1, -0.05) is 29.8 Å². The molecule has 0 saturated heterocycles. The van der Waals surface area contributed by atoms with Crippen LogP contribution in [0.4, 0.5) is 5.69 Å². The maximum Gasteiger partial charge on any atom is 0.196 e. The highest BCUT2D eigenvalue weighted by molar-refractivity contribution is 14.0. The lowest BCUT2D eigenvalue weighted by molar-refractivity contribution is 0.355. The summed E-state index contributed by atoms with van der Waals surface area (Å²) in [6.45, 7) is 5.52. The van der Waals surface area contributed by atoms with Gasteiger partial charge in [0.25, 0.3) is 0 Å². The zero-order chi connectivity index (χ0) is 17.4. The van der Waals surface area contributed by atoms with Crippen LogP contribution < -0.4 is 20.1 Å². The van der Waals surface area contributed by atoms with E-state index < -0.39 is 0 Å². The van der Waals surface area contributed by atoms with E-state index in [0.29, 0.717) is 18.0 Å². The van der Waals surface area contributed by atoms with Gasteiger partial charge in [0, 0.05) is 18.3 Å². The van der Waals surface area contributed by atoms with Crippen molar-refractivity contribution >= 4 is 35.6 Å². The summed E-state index contributed by atoms with van der Waals surface area (Å²) in [4.78, 5) is 4.64. The number of rotatable bonds is 6. The minimum atomic E-state index is 0. The Kier molecular flexibility index (Phi) is 9.12. The average molecular weight is 455 g/mol. The van der Waals surface area contributed by atoms with Gasteiger partial charge in [0.05, 0.1) is 20.8 Å². The van der Waals surface area contributed by atoms with Crippen LogP contribution in [0.3, 0.4) is 0 Å². The Balaban J connectivity index is 0.00000312. The van der Waals surface area contributed by atoms with Crippen molar-refractivity contribution in [2.45, 2.75) is 20.4 Å². The van der Waals surface area contributed by atoms with Gasteiger partial charge in [0.2, 0.25) is 0 Å². The number of halogens is 1. The summed E-state index contributed by atoms with van der Waals surface area (Å²) >= 11 is 0. The van der Waals surface area contributed by atoms with Crippen molar-refractivity contribution in [2.24, 2.45) is 4.99 Å². The third kappa shape index (κ3) is 6.45. The molecule has 0 spiro atoms. The second-order valence-electron chi connectivity index (χ2n) is 5.38. The molecule has 2 rings (SSSR count). The number of benzene rings is 2. The molecule has 6 heteroatoms. The number of guanidine groups is 1. The molecule has 136 valence electrons. The molecule has 0 fully saturated rings. The largest absolute Gasteiger partial charge is 0.493 e. The third-order valence-corrected chi connectivity index (χ3v) is 3.49. The normalized spacial score (nSPS) is 10.6. The molecule has 0 saturated carbocycles. The van der Waals surface area contributed by atoms with Crippen LogP contribution in [-0.4, -0.2) is 26.7 Å². The van der Waals surface area contributed by atoms with Crippen LogP contribution in [0, 0.1) is 6.92 Å². The molecular formula is C19H26IN3O2. The lowest BCUT2D eigenvalue weighted by Crippen LogP contribution is -2.30. The van der Waals surface area contributed by atoms with E-state index in [1.54, 1.807) is 14.2 Å². The summed E-state index contributed by atoms with van der Waals surface area (Å²) in [5, 5.41) is 6.54. The molecule has 0 bridgehead atoms. The van der Waals surface area contributed by atoms with Crippen molar-refractivity contribution in [1.82, 2.24) is 5.32 Å². The average Bonchev–Trinajstić information content (AvgIpc) is 2.60. The second kappa shape index (κ2) is 10.8. The first-order chi connectivity index (χ1) is 11.7. The predicted octanol–water partition coefficient (Wildman–Crippen LogP) is 4.21. The van der Waals surface area contributed by atoms with Crippen LogP contribution in [0.5, 0.6) is 11.5 Å². The van der Waals surface area contributed by atoms with E-state index in [1.165, 1.54) is 11.1 Å². The number of methoxy groups -OCH3 is 2. The molecule has 0 unspecified atom stereocenters. The SMILES string of the molecule is CCNC(=NCc1cccc(C)c1)Nc1ccc(OC)c(OC)c1.I. The molecule has 0 aliphatic heterocycles. The number of nitrogens with zero attached hydrogens (tertiary/aromatic N) is 1. The van der Waals surface area contributed by atoms with Gasteiger partial charge in [-0.15, -0.1) is 24.0 Å². The van der Waals surface area contributed by atoms with Crippen LogP contribution in [0.15, 0.2) is 47.5 Å². The molecule has 25 heavy (non-hydrogen) atoms. The van der Waals surface area contributed by atoms with E-state index in [2.05, 4.69) is 46.8 Å². The van der Waals surface area contributed by atoms with Gasteiger partial charge in [-0.05, 0) is 31.5 Å². The quantitative estimate of drug-likeness (QED) is 0.390. The Morgan fingerprint density at radius 2 is 1.80 bits per heavy atom.